The van der Waals surface area contributed by atoms with Crippen LogP contribution < -0.4 is 10.5 Å². The molecule has 0 radical (unpaired) electrons. The van der Waals surface area contributed by atoms with Crippen LogP contribution in [-0.2, 0) is 4.74 Å². The van der Waals surface area contributed by atoms with Crippen LogP contribution in [0.3, 0.4) is 0 Å². The molecule has 1 aromatic heterocycles. The second-order valence-corrected chi connectivity index (χ2v) is 9.54. The summed E-state index contributed by atoms with van der Waals surface area (Å²) in [6, 6.07) is 22.1. The third-order valence-electron chi connectivity index (χ3n) is 6.80. The van der Waals surface area contributed by atoms with Crippen LogP contribution in [0.4, 0.5) is 5.69 Å². The summed E-state index contributed by atoms with van der Waals surface area (Å²) in [7, 11) is 0. The van der Waals surface area contributed by atoms with Crippen LogP contribution in [0, 0.1) is 25.2 Å². The highest BCUT2D eigenvalue weighted by Crippen LogP contribution is 2.31. The van der Waals surface area contributed by atoms with E-state index in [9.17, 15) is 10.1 Å². The van der Waals surface area contributed by atoms with Gasteiger partial charge >= 0.3 is 0 Å². The summed E-state index contributed by atoms with van der Waals surface area (Å²) >= 11 is 0. The van der Waals surface area contributed by atoms with Gasteiger partial charge in [0.25, 0.3) is 5.56 Å². The van der Waals surface area contributed by atoms with E-state index in [1.807, 2.05) is 68.6 Å². The van der Waals surface area contributed by atoms with E-state index < -0.39 is 0 Å². The molecular weight excluding hydrogens is 434 g/mol. The van der Waals surface area contributed by atoms with Crippen molar-refractivity contribution in [3.8, 4) is 22.9 Å². The average Bonchev–Trinajstić information content (AvgIpc) is 2.85. The van der Waals surface area contributed by atoms with Crippen molar-refractivity contribution in [2.24, 2.45) is 0 Å². The molecule has 0 saturated carbocycles. The molecular formula is C30H29N3O2. The van der Waals surface area contributed by atoms with Crippen LogP contribution in [0.5, 0.6) is 0 Å². The van der Waals surface area contributed by atoms with E-state index in [0.717, 1.165) is 52.1 Å². The molecule has 1 fully saturated rings. The smallest absolute Gasteiger partial charge is 0.262 e. The summed E-state index contributed by atoms with van der Waals surface area (Å²) in [6.07, 6.45) is 2.31. The molecule has 35 heavy (non-hydrogen) atoms. The minimum atomic E-state index is -0.0424. The summed E-state index contributed by atoms with van der Waals surface area (Å²) in [6.45, 7) is 9.90. The molecule has 4 aromatic rings. The van der Waals surface area contributed by atoms with Crippen molar-refractivity contribution in [2.45, 2.75) is 39.9 Å². The molecule has 3 aromatic carbocycles. The van der Waals surface area contributed by atoms with Crippen molar-refractivity contribution in [1.82, 2.24) is 4.57 Å². The summed E-state index contributed by atoms with van der Waals surface area (Å²) < 4.78 is 7.59. The summed E-state index contributed by atoms with van der Waals surface area (Å²) in [5.74, 6) is 0. The van der Waals surface area contributed by atoms with Gasteiger partial charge in [-0.25, -0.2) is 0 Å². The third-order valence-corrected chi connectivity index (χ3v) is 6.80. The summed E-state index contributed by atoms with van der Waals surface area (Å²) in [4.78, 5) is 15.9. The molecule has 0 aliphatic carbocycles. The number of morpholine rings is 1. The Morgan fingerprint density at radius 1 is 0.914 bits per heavy atom. The monoisotopic (exact) mass is 463 g/mol. The first kappa shape index (κ1) is 22.9. The number of pyridine rings is 1. The summed E-state index contributed by atoms with van der Waals surface area (Å²) in [5, 5.41) is 10.9. The minimum absolute atomic E-state index is 0.0424. The Morgan fingerprint density at radius 3 is 2.26 bits per heavy atom. The normalized spacial score (nSPS) is 18.0. The molecule has 0 amide bonds. The number of nitrogens with zero attached hydrogens (tertiary/aromatic N) is 3. The van der Waals surface area contributed by atoms with E-state index in [2.05, 4.69) is 36.9 Å². The maximum absolute atomic E-state index is 13.6. The number of anilines is 1. The summed E-state index contributed by atoms with van der Waals surface area (Å²) in [5.41, 5.74) is 6.57. The number of ether oxygens (including phenoxy) is 1. The molecule has 1 unspecified atom stereocenters. The highest BCUT2D eigenvalue weighted by Gasteiger charge is 2.22. The Hall–Kier alpha value is -3.88. The lowest BCUT2D eigenvalue weighted by Crippen LogP contribution is -2.45. The number of hydrogen-bond acceptors (Lipinski definition) is 4. The lowest BCUT2D eigenvalue weighted by molar-refractivity contribution is -0.00521. The van der Waals surface area contributed by atoms with Gasteiger partial charge in [0.05, 0.1) is 23.8 Å². The van der Waals surface area contributed by atoms with Crippen LogP contribution >= 0.6 is 0 Å². The Bertz CT molecular complexity index is 1500. The van der Waals surface area contributed by atoms with Gasteiger partial charge in [-0.05, 0) is 91.7 Å². The van der Waals surface area contributed by atoms with Gasteiger partial charge in [0, 0.05) is 36.0 Å². The van der Waals surface area contributed by atoms with Gasteiger partial charge in [0.1, 0.15) is 0 Å². The van der Waals surface area contributed by atoms with Gasteiger partial charge < -0.3 is 9.64 Å². The molecule has 1 aliphatic heterocycles. The number of nitriles is 1. The van der Waals surface area contributed by atoms with Crippen molar-refractivity contribution in [3.63, 3.8) is 0 Å². The first-order valence-corrected chi connectivity index (χ1v) is 12.0. The SMILES string of the molecule is Cc1cc(-c2cccc3c(=O)n(-c4ccc(N5CC(C)O[C@@H](C)C5)cc4)cc(C)c23)ccc1C#N. The second kappa shape index (κ2) is 9.05. The van der Waals surface area contributed by atoms with E-state index in [4.69, 9.17) is 4.74 Å². The lowest BCUT2D eigenvalue weighted by atomic mass is 9.94. The Labute approximate surface area is 205 Å². The zero-order valence-electron chi connectivity index (χ0n) is 20.6. The number of hydrogen-bond donors (Lipinski definition) is 0. The van der Waals surface area contributed by atoms with Crippen molar-refractivity contribution in [3.05, 3.63) is 93.9 Å². The number of aryl methyl sites for hydroxylation is 2. The average molecular weight is 464 g/mol. The largest absolute Gasteiger partial charge is 0.372 e. The molecule has 5 heteroatoms. The maximum Gasteiger partial charge on any atom is 0.262 e. The van der Waals surface area contributed by atoms with Crippen LogP contribution in [0.2, 0.25) is 0 Å². The Balaban J connectivity index is 1.56. The molecule has 1 aliphatic rings. The minimum Gasteiger partial charge on any atom is -0.372 e. The topological polar surface area (TPSA) is 58.3 Å². The van der Waals surface area contributed by atoms with E-state index in [1.54, 1.807) is 4.57 Å². The fourth-order valence-electron chi connectivity index (χ4n) is 5.20. The lowest BCUT2D eigenvalue weighted by Gasteiger charge is -2.36. The number of fused-ring (bicyclic) bond motifs is 1. The number of benzene rings is 3. The molecule has 2 atom stereocenters. The quantitative estimate of drug-likeness (QED) is 0.388. The Kier molecular flexibility index (Phi) is 5.92. The Morgan fingerprint density at radius 2 is 1.60 bits per heavy atom. The predicted molar refractivity (Wildman–Crippen MR) is 141 cm³/mol. The van der Waals surface area contributed by atoms with Crippen LogP contribution in [0.15, 0.2) is 71.7 Å². The predicted octanol–water partition coefficient (Wildman–Crippen LogP) is 5.76. The number of aromatic nitrogens is 1. The van der Waals surface area contributed by atoms with E-state index in [0.29, 0.717) is 10.9 Å². The highest BCUT2D eigenvalue weighted by atomic mass is 16.5. The van der Waals surface area contributed by atoms with Gasteiger partial charge in [-0.2, -0.15) is 5.26 Å². The van der Waals surface area contributed by atoms with E-state index in [1.165, 1.54) is 0 Å². The molecule has 176 valence electrons. The molecule has 1 saturated heterocycles. The molecule has 0 N–H and O–H groups in total. The van der Waals surface area contributed by atoms with E-state index in [-0.39, 0.29) is 17.8 Å². The van der Waals surface area contributed by atoms with Gasteiger partial charge in [0.15, 0.2) is 0 Å². The van der Waals surface area contributed by atoms with Gasteiger partial charge in [-0.3, -0.25) is 9.36 Å². The zero-order chi connectivity index (χ0) is 24.7. The fraction of sp³-hybridized carbons (Fsp3) is 0.267. The van der Waals surface area contributed by atoms with Crippen molar-refractivity contribution >= 4 is 16.5 Å². The fourth-order valence-corrected chi connectivity index (χ4v) is 5.20. The second-order valence-electron chi connectivity index (χ2n) is 9.54. The van der Waals surface area contributed by atoms with Crippen LogP contribution in [0.1, 0.15) is 30.5 Å². The maximum atomic E-state index is 13.6. The highest BCUT2D eigenvalue weighted by molar-refractivity contribution is 5.98. The van der Waals surface area contributed by atoms with Crippen LogP contribution in [-0.4, -0.2) is 29.9 Å². The van der Waals surface area contributed by atoms with Crippen LogP contribution in [0.25, 0.3) is 27.6 Å². The molecule has 2 heterocycles. The van der Waals surface area contributed by atoms with E-state index >= 15 is 0 Å². The van der Waals surface area contributed by atoms with Crippen molar-refractivity contribution in [1.29, 1.82) is 5.26 Å². The third kappa shape index (κ3) is 4.22. The van der Waals surface area contributed by atoms with Gasteiger partial charge in [-0.1, -0.05) is 24.3 Å². The van der Waals surface area contributed by atoms with Gasteiger partial charge in [-0.15, -0.1) is 0 Å². The molecule has 5 nitrogen and oxygen atoms in total. The zero-order valence-corrected chi connectivity index (χ0v) is 20.6. The van der Waals surface area contributed by atoms with Gasteiger partial charge in [0.2, 0.25) is 0 Å². The van der Waals surface area contributed by atoms with Crippen molar-refractivity contribution < 1.29 is 4.74 Å². The molecule has 0 bridgehead atoms. The standard InChI is InChI=1S/C30H29N3O2/c1-19-14-23(8-9-24(19)15-31)27-6-5-7-28-29(27)20(2)16-33(30(28)34)26-12-10-25(11-13-26)32-17-21(3)35-22(4)18-32/h5-14,16,21-22H,17-18H2,1-4H3/t21-,22?/m0/s1. The van der Waals surface area contributed by atoms with Crippen molar-refractivity contribution in [2.75, 3.05) is 18.0 Å². The first-order valence-electron chi connectivity index (χ1n) is 12.0. The number of rotatable bonds is 3. The molecule has 5 rings (SSSR count). The first-order chi connectivity index (χ1) is 16.9. The molecule has 0 spiro atoms.